The highest BCUT2D eigenvalue weighted by atomic mass is 32.2. The van der Waals surface area contributed by atoms with Crippen molar-refractivity contribution >= 4 is 45.1 Å². The van der Waals surface area contributed by atoms with Crippen molar-refractivity contribution in [1.29, 1.82) is 0 Å². The van der Waals surface area contributed by atoms with Crippen molar-refractivity contribution in [3.8, 4) is 0 Å². The van der Waals surface area contributed by atoms with Gasteiger partial charge < -0.3 is 15.2 Å². The van der Waals surface area contributed by atoms with Gasteiger partial charge in [-0.05, 0) is 19.1 Å². The van der Waals surface area contributed by atoms with Gasteiger partial charge in [0.1, 0.15) is 10.8 Å². The van der Waals surface area contributed by atoms with Gasteiger partial charge in [0.2, 0.25) is 11.8 Å². The van der Waals surface area contributed by atoms with Gasteiger partial charge in [-0.2, -0.15) is 0 Å². The molecule has 2 amide bonds. The van der Waals surface area contributed by atoms with E-state index in [0.717, 1.165) is 15.2 Å². The lowest BCUT2D eigenvalue weighted by Gasteiger charge is -2.15. The number of rotatable bonds is 9. The zero-order valence-corrected chi connectivity index (χ0v) is 17.4. The molecule has 1 aromatic carbocycles. The van der Waals surface area contributed by atoms with E-state index < -0.39 is 0 Å². The molecule has 2 aromatic heterocycles. The van der Waals surface area contributed by atoms with E-state index in [9.17, 15) is 9.59 Å². The summed E-state index contributed by atoms with van der Waals surface area (Å²) < 4.78 is 3.03. The number of para-hydroxylation sites is 1. The van der Waals surface area contributed by atoms with Gasteiger partial charge in [0.15, 0.2) is 5.16 Å². The Morgan fingerprint density at radius 2 is 2.07 bits per heavy atom. The summed E-state index contributed by atoms with van der Waals surface area (Å²) in [5.41, 5.74) is 6.16. The fourth-order valence-corrected chi connectivity index (χ4v) is 4.66. The summed E-state index contributed by atoms with van der Waals surface area (Å²) in [6.07, 6.45) is 0.675. The van der Waals surface area contributed by atoms with Crippen LogP contribution >= 0.6 is 23.1 Å². The smallest absolute Gasteiger partial charge is 0.233 e. The van der Waals surface area contributed by atoms with E-state index in [2.05, 4.69) is 15.2 Å². The molecule has 0 saturated heterocycles. The van der Waals surface area contributed by atoms with E-state index in [1.54, 1.807) is 23.3 Å². The largest absolute Gasteiger partial charge is 0.370 e. The lowest BCUT2D eigenvalue weighted by atomic mass is 10.3. The van der Waals surface area contributed by atoms with Gasteiger partial charge in [0.05, 0.1) is 22.5 Å². The number of hydrogen-bond donors (Lipinski definition) is 1. The van der Waals surface area contributed by atoms with Crippen LogP contribution in [0.5, 0.6) is 0 Å². The minimum atomic E-state index is -0.369. The Morgan fingerprint density at radius 3 is 2.79 bits per heavy atom. The highest BCUT2D eigenvalue weighted by Gasteiger charge is 2.16. The Morgan fingerprint density at radius 1 is 1.29 bits per heavy atom. The number of carbonyl (C=O) groups is 2. The molecule has 0 aliphatic heterocycles. The van der Waals surface area contributed by atoms with Crippen molar-refractivity contribution < 1.29 is 9.59 Å². The zero-order chi connectivity index (χ0) is 20.1. The van der Waals surface area contributed by atoms with Crippen LogP contribution in [0.15, 0.2) is 29.4 Å². The molecular formula is C18H22N6O2S2. The van der Waals surface area contributed by atoms with Crippen LogP contribution in [0.3, 0.4) is 0 Å². The van der Waals surface area contributed by atoms with Crippen LogP contribution in [0.4, 0.5) is 0 Å². The van der Waals surface area contributed by atoms with Gasteiger partial charge >= 0.3 is 0 Å². The molecule has 28 heavy (non-hydrogen) atoms. The fourth-order valence-electron chi connectivity index (χ4n) is 2.68. The van der Waals surface area contributed by atoms with Crippen LogP contribution in [-0.2, 0) is 29.1 Å². The lowest BCUT2D eigenvalue weighted by molar-refractivity contribution is -0.127. The van der Waals surface area contributed by atoms with E-state index in [4.69, 9.17) is 5.73 Å². The van der Waals surface area contributed by atoms with Gasteiger partial charge in [0, 0.05) is 26.4 Å². The van der Waals surface area contributed by atoms with E-state index in [1.807, 2.05) is 35.8 Å². The highest BCUT2D eigenvalue weighted by molar-refractivity contribution is 7.99. The molecule has 0 spiro atoms. The van der Waals surface area contributed by atoms with Crippen molar-refractivity contribution in [2.75, 3.05) is 12.8 Å². The summed E-state index contributed by atoms with van der Waals surface area (Å²) in [6, 6.07) is 7.94. The molecule has 0 saturated carbocycles. The number of nitrogens with zero attached hydrogens (tertiary/aromatic N) is 5. The Bertz CT molecular complexity index is 951. The summed E-state index contributed by atoms with van der Waals surface area (Å²) >= 11 is 2.94. The molecule has 148 valence electrons. The molecule has 2 N–H and O–H groups in total. The molecule has 3 rings (SSSR count). The number of hydrogen-bond acceptors (Lipinski definition) is 7. The van der Waals surface area contributed by atoms with Crippen molar-refractivity contribution in [3.63, 3.8) is 0 Å². The van der Waals surface area contributed by atoms with Crippen molar-refractivity contribution in [2.45, 2.75) is 38.0 Å². The molecule has 0 aliphatic rings. The molecule has 10 heteroatoms. The third kappa shape index (κ3) is 4.87. The fraction of sp³-hybridized carbons (Fsp3) is 0.389. The minimum absolute atomic E-state index is 0.00593. The molecule has 2 heterocycles. The lowest BCUT2D eigenvalue weighted by Crippen LogP contribution is -2.27. The Labute approximate surface area is 171 Å². The molecule has 0 radical (unpaired) electrons. The number of thioether (sulfide) groups is 1. The van der Waals surface area contributed by atoms with Crippen LogP contribution in [0.1, 0.15) is 24.2 Å². The average molecular weight is 419 g/mol. The summed E-state index contributed by atoms with van der Waals surface area (Å²) in [6.45, 7) is 3.12. The van der Waals surface area contributed by atoms with Crippen LogP contribution < -0.4 is 5.73 Å². The topological polar surface area (TPSA) is 107 Å². The first-order valence-corrected chi connectivity index (χ1v) is 10.7. The highest BCUT2D eigenvalue weighted by Crippen LogP contribution is 2.23. The molecule has 0 bridgehead atoms. The van der Waals surface area contributed by atoms with Crippen molar-refractivity contribution in [3.05, 3.63) is 35.1 Å². The normalized spacial score (nSPS) is 11.1. The second-order valence-corrected chi connectivity index (χ2v) is 8.28. The van der Waals surface area contributed by atoms with Gasteiger partial charge in [-0.25, -0.2) is 4.98 Å². The average Bonchev–Trinajstić information content (AvgIpc) is 3.26. The molecule has 8 nitrogen and oxygen atoms in total. The predicted octanol–water partition coefficient (Wildman–Crippen LogP) is 2.08. The SMILES string of the molecule is CCn1c(CCC(N)=O)nnc1SCC(=O)N(C)Cc1nc2ccccc2s1. The second kappa shape index (κ2) is 9.16. The van der Waals surface area contributed by atoms with E-state index in [0.29, 0.717) is 30.5 Å². The summed E-state index contributed by atoms with van der Waals surface area (Å²) in [4.78, 5) is 29.7. The maximum Gasteiger partial charge on any atom is 0.233 e. The molecule has 0 aliphatic carbocycles. The summed E-state index contributed by atoms with van der Waals surface area (Å²) in [5, 5.41) is 9.86. The van der Waals surface area contributed by atoms with Crippen molar-refractivity contribution in [2.24, 2.45) is 5.73 Å². The Balaban J connectivity index is 1.57. The van der Waals surface area contributed by atoms with Gasteiger partial charge in [-0.1, -0.05) is 23.9 Å². The number of primary amides is 1. The third-order valence-electron chi connectivity index (χ3n) is 4.17. The minimum Gasteiger partial charge on any atom is -0.370 e. The first-order chi connectivity index (χ1) is 13.5. The van der Waals surface area contributed by atoms with E-state index >= 15 is 0 Å². The number of nitrogens with two attached hydrogens (primary N) is 1. The standard InChI is InChI=1S/C18H22N6O2S2/c1-3-24-15(9-8-14(19)25)21-22-18(24)27-11-17(26)23(2)10-16-20-12-6-4-5-7-13(12)28-16/h4-7H,3,8-11H2,1-2H3,(H2,19,25). The molecular weight excluding hydrogens is 396 g/mol. The number of aryl methyl sites for hydroxylation is 1. The second-order valence-electron chi connectivity index (χ2n) is 6.22. The number of benzene rings is 1. The molecule has 0 unspecified atom stereocenters. The van der Waals surface area contributed by atoms with Crippen LogP contribution in [0.25, 0.3) is 10.2 Å². The molecule has 0 atom stereocenters. The number of aromatic nitrogens is 4. The number of carbonyl (C=O) groups excluding carboxylic acids is 2. The number of thiazole rings is 1. The Hall–Kier alpha value is -2.46. The monoisotopic (exact) mass is 418 g/mol. The maximum atomic E-state index is 12.5. The Kier molecular flexibility index (Phi) is 6.63. The first kappa shape index (κ1) is 20.3. The van der Waals surface area contributed by atoms with Crippen LogP contribution in [-0.4, -0.2) is 49.3 Å². The first-order valence-electron chi connectivity index (χ1n) is 8.89. The van der Waals surface area contributed by atoms with Crippen LogP contribution in [0, 0.1) is 0 Å². The third-order valence-corrected chi connectivity index (χ3v) is 6.14. The summed E-state index contributed by atoms with van der Waals surface area (Å²) in [5.74, 6) is 0.592. The van der Waals surface area contributed by atoms with Gasteiger partial charge in [0.25, 0.3) is 0 Å². The van der Waals surface area contributed by atoms with E-state index in [1.165, 1.54) is 11.8 Å². The number of amides is 2. The van der Waals surface area contributed by atoms with Crippen molar-refractivity contribution in [1.82, 2.24) is 24.6 Å². The predicted molar refractivity (Wildman–Crippen MR) is 110 cm³/mol. The van der Waals surface area contributed by atoms with Gasteiger partial charge in [-0.15, -0.1) is 21.5 Å². The quantitative estimate of drug-likeness (QED) is 0.533. The molecule has 0 fully saturated rings. The summed E-state index contributed by atoms with van der Waals surface area (Å²) in [7, 11) is 1.78. The van der Waals surface area contributed by atoms with Gasteiger partial charge in [-0.3, -0.25) is 9.59 Å². The van der Waals surface area contributed by atoms with E-state index in [-0.39, 0.29) is 24.0 Å². The van der Waals surface area contributed by atoms with Crippen LogP contribution in [0.2, 0.25) is 0 Å². The molecule has 3 aromatic rings. The maximum absolute atomic E-state index is 12.5. The number of fused-ring (bicyclic) bond motifs is 1. The zero-order valence-electron chi connectivity index (χ0n) is 15.8.